The summed E-state index contributed by atoms with van der Waals surface area (Å²) in [6, 6.07) is 4.63. The minimum Gasteiger partial charge on any atom is -0.465 e. The smallest absolute Gasteiger partial charge is 0.416 e. The molecule has 0 saturated heterocycles. The molecule has 0 aliphatic heterocycles. The van der Waals surface area contributed by atoms with Crippen LogP contribution in [0.2, 0.25) is 0 Å². The average molecular weight is 493 g/mol. The van der Waals surface area contributed by atoms with Gasteiger partial charge in [0.2, 0.25) is 6.29 Å². The van der Waals surface area contributed by atoms with Crippen molar-refractivity contribution >= 4 is 0 Å². The zero-order valence-corrected chi connectivity index (χ0v) is 21.2. The lowest BCUT2D eigenvalue weighted by atomic mass is 10.2. The van der Waals surface area contributed by atoms with E-state index in [2.05, 4.69) is 20.8 Å². The highest BCUT2D eigenvalue weighted by Crippen LogP contribution is 2.30. The summed E-state index contributed by atoms with van der Waals surface area (Å²) in [4.78, 5) is 0. The standard InChI is InChI=1S/C26H43F3O5/c1-5-8-16-30-19-15-25(33-23-13-11-22(12-14-23)26(27,28)29)34-24(20-31-17-9-6-2)21(4)32-18-10-7-3/h11-14,21,24-25H,5-10,15-20H2,1-4H3/t21-,24?,25+/m0/s1. The zero-order valence-electron chi connectivity index (χ0n) is 21.2. The van der Waals surface area contributed by atoms with E-state index >= 15 is 0 Å². The fourth-order valence-electron chi connectivity index (χ4n) is 3.00. The molecule has 1 aromatic carbocycles. The molecule has 0 aliphatic rings. The van der Waals surface area contributed by atoms with E-state index in [0.717, 1.165) is 50.7 Å². The quantitative estimate of drug-likeness (QED) is 0.145. The van der Waals surface area contributed by atoms with E-state index in [0.29, 0.717) is 45.2 Å². The van der Waals surface area contributed by atoms with Crippen LogP contribution in [0.1, 0.15) is 78.2 Å². The molecular formula is C26H43F3O5. The van der Waals surface area contributed by atoms with E-state index in [1.165, 1.54) is 12.1 Å². The third kappa shape index (κ3) is 13.5. The Morgan fingerprint density at radius 1 is 0.794 bits per heavy atom. The lowest BCUT2D eigenvalue weighted by Crippen LogP contribution is -2.39. The summed E-state index contributed by atoms with van der Waals surface area (Å²) in [5, 5.41) is 0. The molecule has 1 unspecified atom stereocenters. The second kappa shape index (κ2) is 18.0. The van der Waals surface area contributed by atoms with Crippen molar-refractivity contribution < 1.29 is 36.9 Å². The summed E-state index contributed by atoms with van der Waals surface area (Å²) in [5.41, 5.74) is -0.722. The van der Waals surface area contributed by atoms with Crippen LogP contribution in [0.4, 0.5) is 13.2 Å². The van der Waals surface area contributed by atoms with Gasteiger partial charge in [-0.3, -0.25) is 0 Å². The minimum atomic E-state index is -4.40. The first kappa shape index (κ1) is 30.7. The summed E-state index contributed by atoms with van der Waals surface area (Å²) in [6.07, 6.45) is 0.660. The number of unbranched alkanes of at least 4 members (excludes halogenated alkanes) is 3. The fraction of sp³-hybridized carbons (Fsp3) is 0.769. The lowest BCUT2D eigenvalue weighted by Gasteiger charge is -2.29. The van der Waals surface area contributed by atoms with Crippen LogP contribution >= 0.6 is 0 Å². The highest BCUT2D eigenvalue weighted by molar-refractivity contribution is 5.28. The first-order valence-corrected chi connectivity index (χ1v) is 12.6. The van der Waals surface area contributed by atoms with E-state index in [4.69, 9.17) is 23.7 Å². The molecule has 5 nitrogen and oxygen atoms in total. The molecule has 3 atom stereocenters. The summed E-state index contributed by atoms with van der Waals surface area (Å²) < 4.78 is 68.3. The van der Waals surface area contributed by atoms with Crippen molar-refractivity contribution in [1.29, 1.82) is 0 Å². The van der Waals surface area contributed by atoms with Gasteiger partial charge in [-0.15, -0.1) is 0 Å². The van der Waals surface area contributed by atoms with Gasteiger partial charge in [0.25, 0.3) is 0 Å². The van der Waals surface area contributed by atoms with Gasteiger partial charge in [0.05, 0.1) is 24.9 Å². The Bertz CT molecular complexity index is 609. The number of halogens is 3. The molecular weight excluding hydrogens is 449 g/mol. The molecule has 0 radical (unpaired) electrons. The molecule has 0 aliphatic carbocycles. The van der Waals surface area contributed by atoms with Crippen molar-refractivity contribution in [3.05, 3.63) is 29.8 Å². The third-order valence-corrected chi connectivity index (χ3v) is 5.24. The Morgan fingerprint density at radius 3 is 1.97 bits per heavy atom. The van der Waals surface area contributed by atoms with Crippen molar-refractivity contribution in [3.63, 3.8) is 0 Å². The van der Waals surface area contributed by atoms with Gasteiger partial charge in [-0.25, -0.2) is 0 Å². The Balaban J connectivity index is 2.86. The van der Waals surface area contributed by atoms with Gasteiger partial charge < -0.3 is 23.7 Å². The van der Waals surface area contributed by atoms with E-state index < -0.39 is 18.0 Å². The fourth-order valence-corrected chi connectivity index (χ4v) is 3.00. The van der Waals surface area contributed by atoms with Gasteiger partial charge in [0, 0.05) is 26.2 Å². The van der Waals surface area contributed by atoms with Crippen LogP contribution in [0.25, 0.3) is 0 Å². The molecule has 0 spiro atoms. The SMILES string of the molecule is CCCCOCC[C@H](Oc1ccc(C(F)(F)F)cc1)OC(COCCCC)[C@H](C)OCCCC. The molecule has 0 fully saturated rings. The maximum absolute atomic E-state index is 12.9. The largest absolute Gasteiger partial charge is 0.465 e. The van der Waals surface area contributed by atoms with Crippen molar-refractivity contribution in [3.8, 4) is 5.75 Å². The highest BCUT2D eigenvalue weighted by Gasteiger charge is 2.30. The summed E-state index contributed by atoms with van der Waals surface area (Å²) in [6.45, 7) is 10.9. The van der Waals surface area contributed by atoms with Crippen LogP contribution in [0.5, 0.6) is 5.75 Å². The van der Waals surface area contributed by atoms with Gasteiger partial charge in [-0.05, 0) is 50.5 Å². The van der Waals surface area contributed by atoms with Crippen LogP contribution in [0.3, 0.4) is 0 Å². The lowest BCUT2D eigenvalue weighted by molar-refractivity contribution is -0.182. The number of hydrogen-bond donors (Lipinski definition) is 0. The Labute approximate surface area is 203 Å². The van der Waals surface area contributed by atoms with E-state index in [-0.39, 0.29) is 12.2 Å². The van der Waals surface area contributed by atoms with Crippen LogP contribution in [-0.4, -0.2) is 51.5 Å². The molecule has 8 heteroatoms. The maximum atomic E-state index is 12.9. The number of ether oxygens (including phenoxy) is 5. The van der Waals surface area contributed by atoms with Crippen LogP contribution in [0, 0.1) is 0 Å². The number of alkyl halides is 3. The van der Waals surface area contributed by atoms with Gasteiger partial charge in [-0.1, -0.05) is 40.0 Å². The Morgan fingerprint density at radius 2 is 1.38 bits per heavy atom. The molecule has 34 heavy (non-hydrogen) atoms. The van der Waals surface area contributed by atoms with Gasteiger partial charge >= 0.3 is 6.18 Å². The van der Waals surface area contributed by atoms with Gasteiger partial charge in [0.1, 0.15) is 11.9 Å². The number of rotatable bonds is 20. The number of hydrogen-bond acceptors (Lipinski definition) is 5. The Kier molecular flexibility index (Phi) is 16.2. The first-order valence-electron chi connectivity index (χ1n) is 12.6. The zero-order chi connectivity index (χ0) is 25.2. The van der Waals surface area contributed by atoms with E-state index in [1.54, 1.807) is 0 Å². The van der Waals surface area contributed by atoms with Crippen molar-refractivity contribution in [2.75, 3.05) is 33.0 Å². The summed E-state index contributed by atoms with van der Waals surface area (Å²) in [7, 11) is 0. The van der Waals surface area contributed by atoms with Crippen LogP contribution in [-0.2, 0) is 25.1 Å². The van der Waals surface area contributed by atoms with Gasteiger partial charge in [-0.2, -0.15) is 13.2 Å². The first-order chi connectivity index (χ1) is 16.3. The second-order valence-corrected chi connectivity index (χ2v) is 8.36. The molecule has 0 heterocycles. The molecule has 198 valence electrons. The van der Waals surface area contributed by atoms with Gasteiger partial charge in [0.15, 0.2) is 0 Å². The van der Waals surface area contributed by atoms with Crippen LogP contribution in [0.15, 0.2) is 24.3 Å². The van der Waals surface area contributed by atoms with E-state index in [1.807, 2.05) is 6.92 Å². The van der Waals surface area contributed by atoms with Crippen molar-refractivity contribution in [1.82, 2.24) is 0 Å². The minimum absolute atomic E-state index is 0.229. The summed E-state index contributed by atoms with van der Waals surface area (Å²) in [5.74, 6) is 0.303. The Hall–Kier alpha value is -1.35. The van der Waals surface area contributed by atoms with E-state index in [9.17, 15) is 13.2 Å². The predicted molar refractivity (Wildman–Crippen MR) is 127 cm³/mol. The summed E-state index contributed by atoms with van der Waals surface area (Å²) >= 11 is 0. The molecule has 0 saturated carbocycles. The normalized spacial score (nSPS) is 14.7. The maximum Gasteiger partial charge on any atom is 0.416 e. The monoisotopic (exact) mass is 492 g/mol. The van der Waals surface area contributed by atoms with Crippen LogP contribution < -0.4 is 4.74 Å². The average Bonchev–Trinajstić information content (AvgIpc) is 2.80. The molecule has 1 rings (SSSR count). The molecule has 0 N–H and O–H groups in total. The number of benzene rings is 1. The molecule has 0 bridgehead atoms. The third-order valence-electron chi connectivity index (χ3n) is 5.24. The second-order valence-electron chi connectivity index (χ2n) is 8.36. The molecule has 0 amide bonds. The molecule has 0 aromatic heterocycles. The molecule has 1 aromatic rings. The topological polar surface area (TPSA) is 46.2 Å². The highest BCUT2D eigenvalue weighted by atomic mass is 19.4. The predicted octanol–water partition coefficient (Wildman–Crippen LogP) is 7.02. The van der Waals surface area contributed by atoms with Crippen molar-refractivity contribution in [2.24, 2.45) is 0 Å². The van der Waals surface area contributed by atoms with Crippen molar-refractivity contribution in [2.45, 2.75) is 97.3 Å².